The summed E-state index contributed by atoms with van der Waals surface area (Å²) in [5.41, 5.74) is 4.36. The summed E-state index contributed by atoms with van der Waals surface area (Å²) < 4.78 is 0. The van der Waals surface area contributed by atoms with Gasteiger partial charge in [-0.2, -0.15) is 0 Å². The Bertz CT molecular complexity index is 406. The number of nitrogens with one attached hydrogen (secondary N) is 2. The highest BCUT2D eigenvalue weighted by Gasteiger charge is 2.15. The summed E-state index contributed by atoms with van der Waals surface area (Å²) in [6, 6.07) is 7.47. The van der Waals surface area contributed by atoms with Crippen LogP contribution in [0.2, 0.25) is 0 Å². The molecule has 0 radical (unpaired) electrons. The molecule has 2 N–H and O–H groups in total. The number of hydrogen-bond donors (Lipinski definition) is 2. The number of fused-ring (bicyclic) bond motifs is 1. The normalized spacial score (nSPS) is 20.4. The number of benzene rings is 1. The van der Waals surface area contributed by atoms with Gasteiger partial charge < -0.3 is 10.6 Å². The molecule has 0 aromatic heterocycles. The van der Waals surface area contributed by atoms with E-state index in [1.807, 2.05) is 0 Å². The summed E-state index contributed by atoms with van der Waals surface area (Å²) in [4.78, 5) is 0. The molecule has 0 atom stereocenters. The van der Waals surface area contributed by atoms with Gasteiger partial charge in [0.25, 0.3) is 0 Å². The molecule has 0 saturated heterocycles. The smallest absolute Gasteiger partial charge is 0.0419 e. The van der Waals surface area contributed by atoms with Crippen LogP contribution in [0, 0.1) is 0 Å². The van der Waals surface area contributed by atoms with Crippen LogP contribution in [0.3, 0.4) is 0 Å². The van der Waals surface area contributed by atoms with Crippen molar-refractivity contribution >= 4 is 5.69 Å². The van der Waals surface area contributed by atoms with E-state index in [0.29, 0.717) is 0 Å². The minimum atomic E-state index is 0.734. The number of rotatable bonds is 3. The van der Waals surface area contributed by atoms with Crippen LogP contribution in [0.25, 0.3) is 0 Å². The molecule has 1 aliphatic heterocycles. The summed E-state index contributed by atoms with van der Waals surface area (Å²) in [5.74, 6) is 0. The van der Waals surface area contributed by atoms with E-state index in [1.54, 1.807) is 0 Å². The lowest BCUT2D eigenvalue weighted by Crippen LogP contribution is -2.29. The molecular formula is C17H26N2. The molecule has 2 nitrogen and oxygen atoms in total. The van der Waals surface area contributed by atoms with Crippen LogP contribution in [0.5, 0.6) is 0 Å². The molecule has 0 bridgehead atoms. The molecule has 0 amide bonds. The topological polar surface area (TPSA) is 24.1 Å². The molecule has 2 aliphatic rings. The maximum atomic E-state index is 3.80. The summed E-state index contributed by atoms with van der Waals surface area (Å²) in [7, 11) is 0. The van der Waals surface area contributed by atoms with Crippen LogP contribution in [-0.2, 0) is 13.0 Å². The average Bonchev–Trinajstić information content (AvgIpc) is 2.86. The van der Waals surface area contributed by atoms with Gasteiger partial charge in [-0.3, -0.25) is 0 Å². The highest BCUT2D eigenvalue weighted by Crippen LogP contribution is 2.26. The van der Waals surface area contributed by atoms with Crippen molar-refractivity contribution in [1.29, 1.82) is 0 Å². The van der Waals surface area contributed by atoms with Gasteiger partial charge in [-0.1, -0.05) is 50.3 Å². The van der Waals surface area contributed by atoms with E-state index in [9.17, 15) is 0 Å². The Morgan fingerprint density at radius 2 is 1.84 bits per heavy atom. The lowest BCUT2D eigenvalue weighted by atomic mass is 9.96. The highest BCUT2D eigenvalue weighted by molar-refractivity contribution is 5.61. The van der Waals surface area contributed by atoms with E-state index in [0.717, 1.165) is 19.1 Å². The standard InChI is InChI=1S/C17H26N2/c1-2-4-9-16(10-5-3-1)19-13-15-8-6-7-14-11-12-18-17(14)15/h6-8,16,18-19H,1-5,9-13H2. The Labute approximate surface area is 117 Å². The molecule has 2 heteroatoms. The van der Waals surface area contributed by atoms with Crippen molar-refractivity contribution in [1.82, 2.24) is 5.32 Å². The number of para-hydroxylation sites is 1. The van der Waals surface area contributed by atoms with Crippen molar-refractivity contribution in [2.75, 3.05) is 11.9 Å². The van der Waals surface area contributed by atoms with Crippen molar-refractivity contribution in [2.45, 2.75) is 64.0 Å². The molecule has 19 heavy (non-hydrogen) atoms. The molecule has 1 aromatic carbocycles. The van der Waals surface area contributed by atoms with Gasteiger partial charge in [-0.05, 0) is 30.4 Å². The molecule has 3 rings (SSSR count). The maximum Gasteiger partial charge on any atom is 0.0419 e. The van der Waals surface area contributed by atoms with Crippen LogP contribution in [-0.4, -0.2) is 12.6 Å². The Balaban J connectivity index is 1.58. The maximum absolute atomic E-state index is 3.80. The Morgan fingerprint density at radius 1 is 1.05 bits per heavy atom. The Kier molecular flexibility index (Phi) is 4.39. The first-order valence-electron chi connectivity index (χ1n) is 8.01. The van der Waals surface area contributed by atoms with Crippen LogP contribution < -0.4 is 10.6 Å². The first kappa shape index (κ1) is 13.0. The van der Waals surface area contributed by atoms with E-state index in [1.165, 1.54) is 68.2 Å². The minimum Gasteiger partial charge on any atom is -0.384 e. The predicted octanol–water partition coefficient (Wildman–Crippen LogP) is 3.86. The van der Waals surface area contributed by atoms with Crippen molar-refractivity contribution < 1.29 is 0 Å². The molecule has 1 saturated carbocycles. The zero-order chi connectivity index (χ0) is 12.9. The van der Waals surface area contributed by atoms with Crippen molar-refractivity contribution in [3.63, 3.8) is 0 Å². The largest absolute Gasteiger partial charge is 0.384 e. The van der Waals surface area contributed by atoms with Crippen LogP contribution in [0.1, 0.15) is 56.1 Å². The van der Waals surface area contributed by atoms with Gasteiger partial charge in [0.15, 0.2) is 0 Å². The highest BCUT2D eigenvalue weighted by atomic mass is 14.9. The predicted molar refractivity (Wildman–Crippen MR) is 81.6 cm³/mol. The van der Waals surface area contributed by atoms with E-state index >= 15 is 0 Å². The van der Waals surface area contributed by atoms with Gasteiger partial charge in [0.05, 0.1) is 0 Å². The van der Waals surface area contributed by atoms with Crippen molar-refractivity contribution in [3.05, 3.63) is 29.3 Å². The second-order valence-electron chi connectivity index (χ2n) is 6.05. The zero-order valence-corrected chi connectivity index (χ0v) is 11.9. The first-order chi connectivity index (χ1) is 9.43. The van der Waals surface area contributed by atoms with Crippen molar-refractivity contribution in [3.8, 4) is 0 Å². The van der Waals surface area contributed by atoms with Crippen LogP contribution in [0.15, 0.2) is 18.2 Å². The Morgan fingerprint density at radius 3 is 2.68 bits per heavy atom. The third-order valence-corrected chi connectivity index (χ3v) is 4.62. The van der Waals surface area contributed by atoms with Gasteiger partial charge in [0.1, 0.15) is 0 Å². The molecule has 0 unspecified atom stereocenters. The molecule has 1 fully saturated rings. The number of anilines is 1. The lowest BCUT2D eigenvalue weighted by molar-refractivity contribution is 0.389. The van der Waals surface area contributed by atoms with Gasteiger partial charge in [0.2, 0.25) is 0 Å². The third kappa shape index (κ3) is 3.30. The van der Waals surface area contributed by atoms with Gasteiger partial charge in [0, 0.05) is 24.8 Å². The fraction of sp³-hybridized carbons (Fsp3) is 0.647. The monoisotopic (exact) mass is 258 g/mol. The van der Waals surface area contributed by atoms with E-state index in [4.69, 9.17) is 0 Å². The SMILES string of the molecule is c1cc2c(c(CNC3CCCCCCC3)c1)NCC2. The summed E-state index contributed by atoms with van der Waals surface area (Å²) in [6.07, 6.45) is 11.0. The molecule has 0 spiro atoms. The third-order valence-electron chi connectivity index (χ3n) is 4.62. The molecule has 104 valence electrons. The zero-order valence-electron chi connectivity index (χ0n) is 11.9. The fourth-order valence-corrected chi connectivity index (χ4v) is 3.47. The number of hydrogen-bond acceptors (Lipinski definition) is 2. The van der Waals surface area contributed by atoms with Gasteiger partial charge in [-0.25, -0.2) is 0 Å². The van der Waals surface area contributed by atoms with Gasteiger partial charge in [-0.15, -0.1) is 0 Å². The van der Waals surface area contributed by atoms with Gasteiger partial charge >= 0.3 is 0 Å². The minimum absolute atomic E-state index is 0.734. The van der Waals surface area contributed by atoms with Crippen LogP contribution in [0.4, 0.5) is 5.69 Å². The lowest BCUT2D eigenvalue weighted by Gasteiger charge is -2.21. The molecule has 1 aliphatic carbocycles. The second-order valence-corrected chi connectivity index (χ2v) is 6.05. The molecular weight excluding hydrogens is 232 g/mol. The van der Waals surface area contributed by atoms with Crippen LogP contribution >= 0.6 is 0 Å². The summed E-state index contributed by atoms with van der Waals surface area (Å²) in [6.45, 7) is 2.14. The first-order valence-corrected chi connectivity index (χ1v) is 8.01. The average molecular weight is 258 g/mol. The van der Waals surface area contributed by atoms with E-state index in [-0.39, 0.29) is 0 Å². The fourth-order valence-electron chi connectivity index (χ4n) is 3.47. The second kappa shape index (κ2) is 6.42. The quantitative estimate of drug-likeness (QED) is 0.860. The van der Waals surface area contributed by atoms with Crippen molar-refractivity contribution in [2.24, 2.45) is 0 Å². The van der Waals surface area contributed by atoms with E-state index < -0.39 is 0 Å². The molecule has 1 heterocycles. The Hall–Kier alpha value is -1.02. The van der Waals surface area contributed by atoms with E-state index in [2.05, 4.69) is 28.8 Å². The summed E-state index contributed by atoms with van der Waals surface area (Å²) in [5, 5.41) is 7.33. The molecule has 1 aromatic rings. The summed E-state index contributed by atoms with van der Waals surface area (Å²) >= 11 is 0.